The van der Waals surface area contributed by atoms with Gasteiger partial charge in [-0.2, -0.15) is 11.8 Å². The van der Waals surface area contributed by atoms with Crippen molar-refractivity contribution < 1.29 is 14.7 Å². The summed E-state index contributed by atoms with van der Waals surface area (Å²) in [5.41, 5.74) is 1.99. The fourth-order valence-corrected chi connectivity index (χ4v) is 3.06. The summed E-state index contributed by atoms with van der Waals surface area (Å²) >= 11 is 1.57. The van der Waals surface area contributed by atoms with E-state index in [2.05, 4.69) is 5.32 Å². The average molecular weight is 308 g/mol. The molecule has 0 bridgehead atoms. The first-order chi connectivity index (χ1) is 10.0. The number of hydrogen-bond acceptors (Lipinski definition) is 3. The highest BCUT2D eigenvalue weighted by Crippen LogP contribution is 2.31. The van der Waals surface area contributed by atoms with E-state index in [-0.39, 0.29) is 12.1 Å². The van der Waals surface area contributed by atoms with Gasteiger partial charge in [0, 0.05) is 11.7 Å². The Labute approximate surface area is 128 Å². The monoisotopic (exact) mass is 308 g/mol. The molecule has 0 saturated carbocycles. The number of hydrogen-bond donors (Lipinski definition) is 2. The number of nitrogens with zero attached hydrogens (tertiary/aromatic N) is 1. The minimum absolute atomic E-state index is 0.0393. The predicted octanol–water partition coefficient (Wildman–Crippen LogP) is 2.35. The van der Waals surface area contributed by atoms with Crippen molar-refractivity contribution in [2.45, 2.75) is 31.8 Å². The van der Waals surface area contributed by atoms with E-state index in [0.29, 0.717) is 12.2 Å². The standard InChI is InChI=1S/C15H20N2O3S/c1-10-9-11-5-3-4-6-13(11)17(10)15(20)16-12(14(18)19)7-8-21-2/h3-6,10,12H,7-9H2,1-2H3,(H,16,20)(H,18,19)/t10?,12-/m1/s1. The zero-order valence-electron chi connectivity index (χ0n) is 12.2. The number of carbonyl (C=O) groups is 2. The van der Waals surface area contributed by atoms with Gasteiger partial charge in [-0.05, 0) is 43.4 Å². The van der Waals surface area contributed by atoms with Crippen molar-refractivity contribution in [1.29, 1.82) is 0 Å². The fraction of sp³-hybridized carbons (Fsp3) is 0.467. The van der Waals surface area contributed by atoms with Crippen molar-refractivity contribution in [3.05, 3.63) is 29.8 Å². The Bertz CT molecular complexity index is 535. The van der Waals surface area contributed by atoms with Gasteiger partial charge in [0.1, 0.15) is 6.04 Å². The first-order valence-corrected chi connectivity index (χ1v) is 8.33. The Morgan fingerprint density at radius 2 is 2.19 bits per heavy atom. The number of anilines is 1. The summed E-state index contributed by atoms with van der Waals surface area (Å²) < 4.78 is 0. The summed E-state index contributed by atoms with van der Waals surface area (Å²) in [6.45, 7) is 1.97. The van der Waals surface area contributed by atoms with Gasteiger partial charge in [0.25, 0.3) is 0 Å². The zero-order valence-corrected chi connectivity index (χ0v) is 13.0. The molecule has 1 heterocycles. The summed E-state index contributed by atoms with van der Waals surface area (Å²) in [4.78, 5) is 25.3. The third-order valence-corrected chi connectivity index (χ3v) is 4.28. The second-order valence-electron chi connectivity index (χ2n) is 5.17. The van der Waals surface area contributed by atoms with Gasteiger partial charge < -0.3 is 10.4 Å². The van der Waals surface area contributed by atoms with E-state index in [0.717, 1.165) is 17.7 Å². The van der Waals surface area contributed by atoms with Gasteiger partial charge in [-0.25, -0.2) is 9.59 Å². The summed E-state index contributed by atoms with van der Waals surface area (Å²) in [6, 6.07) is 6.60. The van der Waals surface area contributed by atoms with E-state index in [1.165, 1.54) is 0 Å². The minimum Gasteiger partial charge on any atom is -0.480 e. The van der Waals surface area contributed by atoms with Crippen LogP contribution in [-0.2, 0) is 11.2 Å². The molecule has 1 aromatic carbocycles. The van der Waals surface area contributed by atoms with Crippen LogP contribution in [0.3, 0.4) is 0 Å². The number of thioether (sulfide) groups is 1. The molecule has 1 unspecified atom stereocenters. The second-order valence-corrected chi connectivity index (χ2v) is 6.16. The number of urea groups is 1. The topological polar surface area (TPSA) is 69.6 Å². The van der Waals surface area contributed by atoms with E-state index in [9.17, 15) is 14.7 Å². The second kappa shape index (κ2) is 6.85. The van der Waals surface area contributed by atoms with Crippen LogP contribution in [0.25, 0.3) is 0 Å². The lowest BCUT2D eigenvalue weighted by atomic mass is 10.1. The number of carboxylic acid groups (broad SMARTS) is 1. The molecule has 5 nitrogen and oxygen atoms in total. The highest BCUT2D eigenvalue weighted by molar-refractivity contribution is 7.98. The van der Waals surface area contributed by atoms with Crippen LogP contribution in [-0.4, -0.2) is 41.2 Å². The number of carbonyl (C=O) groups excluding carboxylic acids is 1. The van der Waals surface area contributed by atoms with Crippen LogP contribution in [0.2, 0.25) is 0 Å². The van der Waals surface area contributed by atoms with Gasteiger partial charge in [0.05, 0.1) is 0 Å². The lowest BCUT2D eigenvalue weighted by molar-refractivity contribution is -0.139. The number of amides is 2. The first-order valence-electron chi connectivity index (χ1n) is 6.94. The van der Waals surface area contributed by atoms with Crippen LogP contribution < -0.4 is 10.2 Å². The predicted molar refractivity (Wildman–Crippen MR) is 85.0 cm³/mol. The number of benzene rings is 1. The third kappa shape index (κ3) is 3.50. The Kier molecular flexibility index (Phi) is 5.12. The Hall–Kier alpha value is -1.69. The quantitative estimate of drug-likeness (QED) is 0.876. The number of para-hydroxylation sites is 1. The maximum Gasteiger partial charge on any atom is 0.326 e. The number of rotatable bonds is 5. The van der Waals surface area contributed by atoms with Crippen molar-refractivity contribution in [2.24, 2.45) is 0 Å². The maximum atomic E-state index is 12.4. The molecule has 1 aliphatic heterocycles. The summed E-state index contributed by atoms with van der Waals surface area (Å²) in [5.74, 6) is -0.291. The molecule has 114 valence electrons. The Morgan fingerprint density at radius 3 is 2.86 bits per heavy atom. The molecular weight excluding hydrogens is 288 g/mol. The molecule has 0 saturated heterocycles. The van der Waals surface area contributed by atoms with Crippen LogP contribution >= 0.6 is 11.8 Å². The zero-order chi connectivity index (χ0) is 15.4. The average Bonchev–Trinajstić information content (AvgIpc) is 2.78. The van der Waals surface area contributed by atoms with E-state index in [4.69, 9.17) is 0 Å². The molecule has 2 N–H and O–H groups in total. The van der Waals surface area contributed by atoms with Crippen molar-refractivity contribution in [1.82, 2.24) is 5.32 Å². The normalized spacial score (nSPS) is 18.2. The van der Waals surface area contributed by atoms with E-state index in [1.54, 1.807) is 16.7 Å². The molecule has 1 aliphatic rings. The summed E-state index contributed by atoms with van der Waals surface area (Å²) in [7, 11) is 0. The molecule has 6 heteroatoms. The van der Waals surface area contributed by atoms with Crippen molar-refractivity contribution in [2.75, 3.05) is 16.9 Å². The summed E-state index contributed by atoms with van der Waals surface area (Å²) in [5, 5.41) is 11.8. The number of aliphatic carboxylic acids is 1. The van der Waals surface area contributed by atoms with Gasteiger partial charge in [0.2, 0.25) is 0 Å². The van der Waals surface area contributed by atoms with E-state index < -0.39 is 12.0 Å². The largest absolute Gasteiger partial charge is 0.480 e. The van der Waals surface area contributed by atoms with Crippen molar-refractivity contribution in [3.63, 3.8) is 0 Å². The van der Waals surface area contributed by atoms with Gasteiger partial charge in [-0.15, -0.1) is 0 Å². The van der Waals surface area contributed by atoms with Crippen LogP contribution in [0, 0.1) is 0 Å². The van der Waals surface area contributed by atoms with E-state index in [1.807, 2.05) is 37.4 Å². The molecule has 0 spiro atoms. The molecule has 2 rings (SSSR count). The van der Waals surface area contributed by atoms with Crippen molar-refractivity contribution in [3.8, 4) is 0 Å². The number of nitrogens with one attached hydrogen (secondary N) is 1. The van der Waals surface area contributed by atoms with Gasteiger partial charge in [-0.3, -0.25) is 4.90 Å². The highest BCUT2D eigenvalue weighted by Gasteiger charge is 2.32. The molecule has 0 aromatic heterocycles. The first kappa shape index (κ1) is 15.7. The molecule has 21 heavy (non-hydrogen) atoms. The lowest BCUT2D eigenvalue weighted by Gasteiger charge is -2.25. The maximum absolute atomic E-state index is 12.4. The Morgan fingerprint density at radius 1 is 1.48 bits per heavy atom. The Balaban J connectivity index is 2.10. The molecule has 2 amide bonds. The molecule has 0 fully saturated rings. The smallest absolute Gasteiger partial charge is 0.326 e. The molecule has 0 aliphatic carbocycles. The van der Waals surface area contributed by atoms with Crippen LogP contribution in [0.5, 0.6) is 0 Å². The van der Waals surface area contributed by atoms with Gasteiger partial charge >= 0.3 is 12.0 Å². The number of carboxylic acids is 1. The minimum atomic E-state index is -0.988. The molecular formula is C15H20N2O3S. The molecule has 2 atom stereocenters. The van der Waals surface area contributed by atoms with Gasteiger partial charge in [0.15, 0.2) is 0 Å². The van der Waals surface area contributed by atoms with Crippen LogP contribution in [0.1, 0.15) is 18.9 Å². The molecule has 1 aromatic rings. The van der Waals surface area contributed by atoms with Crippen LogP contribution in [0.4, 0.5) is 10.5 Å². The van der Waals surface area contributed by atoms with Gasteiger partial charge in [-0.1, -0.05) is 18.2 Å². The third-order valence-electron chi connectivity index (χ3n) is 3.63. The fourth-order valence-electron chi connectivity index (χ4n) is 2.59. The summed E-state index contributed by atoms with van der Waals surface area (Å²) in [6.07, 6.45) is 3.14. The highest BCUT2D eigenvalue weighted by atomic mass is 32.2. The number of fused-ring (bicyclic) bond motifs is 1. The molecule has 0 radical (unpaired) electrons. The van der Waals surface area contributed by atoms with E-state index >= 15 is 0 Å². The SMILES string of the molecule is CSCC[C@@H](NC(=O)N1c2ccccc2CC1C)C(=O)O. The van der Waals surface area contributed by atoms with Crippen molar-refractivity contribution >= 4 is 29.4 Å². The lowest BCUT2D eigenvalue weighted by Crippen LogP contribution is -2.50. The van der Waals surface area contributed by atoms with Crippen LogP contribution in [0.15, 0.2) is 24.3 Å².